The minimum Gasteiger partial charge on any atom is -0.313 e. The lowest BCUT2D eigenvalue weighted by atomic mass is 9.80. The largest absolute Gasteiger partial charge is 0.393 e. The number of nitrogens with one attached hydrogen (secondary N) is 1. The van der Waals surface area contributed by atoms with Crippen LogP contribution in [0.15, 0.2) is 0 Å². The van der Waals surface area contributed by atoms with Crippen LogP contribution in [0.25, 0.3) is 0 Å². The highest BCUT2D eigenvalue weighted by molar-refractivity contribution is 4.86. The SMILES string of the molecule is CC(CNC1CCCCC1C(F)(F)F)C(C)(C)C. The lowest BCUT2D eigenvalue weighted by molar-refractivity contribution is -0.189. The molecule has 0 aromatic heterocycles. The maximum Gasteiger partial charge on any atom is 0.393 e. The molecule has 0 saturated heterocycles. The molecule has 1 fully saturated rings. The molecule has 18 heavy (non-hydrogen) atoms. The molecule has 0 spiro atoms. The van der Waals surface area contributed by atoms with E-state index in [1.165, 1.54) is 0 Å². The Morgan fingerprint density at radius 1 is 1.11 bits per heavy atom. The smallest absolute Gasteiger partial charge is 0.313 e. The predicted molar refractivity (Wildman–Crippen MR) is 68.4 cm³/mol. The number of halogens is 3. The molecule has 1 saturated carbocycles. The third kappa shape index (κ3) is 4.45. The molecule has 0 heterocycles. The fourth-order valence-electron chi connectivity index (χ4n) is 2.40. The first-order chi connectivity index (χ1) is 8.12. The summed E-state index contributed by atoms with van der Waals surface area (Å²) in [6, 6.07) is -0.386. The summed E-state index contributed by atoms with van der Waals surface area (Å²) < 4.78 is 38.7. The van der Waals surface area contributed by atoms with E-state index in [2.05, 4.69) is 33.0 Å². The molecular formula is C14H26F3N. The monoisotopic (exact) mass is 265 g/mol. The average Bonchev–Trinajstić information content (AvgIpc) is 2.23. The molecule has 1 N–H and O–H groups in total. The first kappa shape index (κ1) is 15.8. The van der Waals surface area contributed by atoms with E-state index in [1.54, 1.807) is 0 Å². The van der Waals surface area contributed by atoms with Gasteiger partial charge in [-0.2, -0.15) is 13.2 Å². The van der Waals surface area contributed by atoms with Crippen molar-refractivity contribution in [3.63, 3.8) is 0 Å². The lowest BCUT2D eigenvalue weighted by Gasteiger charge is -2.36. The quantitative estimate of drug-likeness (QED) is 0.798. The fourth-order valence-corrected chi connectivity index (χ4v) is 2.40. The van der Waals surface area contributed by atoms with Gasteiger partial charge in [-0.3, -0.25) is 0 Å². The van der Waals surface area contributed by atoms with E-state index in [0.717, 1.165) is 6.42 Å². The summed E-state index contributed by atoms with van der Waals surface area (Å²) in [4.78, 5) is 0. The van der Waals surface area contributed by atoms with Crippen molar-refractivity contribution >= 4 is 0 Å². The van der Waals surface area contributed by atoms with Crippen LogP contribution in [0.3, 0.4) is 0 Å². The van der Waals surface area contributed by atoms with Gasteiger partial charge in [0.2, 0.25) is 0 Å². The number of alkyl halides is 3. The highest BCUT2D eigenvalue weighted by atomic mass is 19.4. The third-order valence-electron chi connectivity index (χ3n) is 4.35. The minimum atomic E-state index is -4.05. The molecule has 0 amide bonds. The summed E-state index contributed by atoms with van der Waals surface area (Å²) in [5, 5.41) is 3.16. The molecule has 3 unspecified atom stereocenters. The van der Waals surface area contributed by atoms with Crippen LogP contribution in [0.4, 0.5) is 13.2 Å². The van der Waals surface area contributed by atoms with Gasteiger partial charge < -0.3 is 5.32 Å². The highest BCUT2D eigenvalue weighted by Crippen LogP contribution is 2.38. The summed E-state index contributed by atoms with van der Waals surface area (Å²) in [6.45, 7) is 9.14. The Balaban J connectivity index is 2.53. The van der Waals surface area contributed by atoms with Crippen molar-refractivity contribution in [1.82, 2.24) is 5.32 Å². The summed E-state index contributed by atoms with van der Waals surface area (Å²) in [5.41, 5.74) is 0.134. The fraction of sp³-hybridized carbons (Fsp3) is 1.00. The second-order valence-corrected chi connectivity index (χ2v) is 6.71. The van der Waals surface area contributed by atoms with E-state index >= 15 is 0 Å². The van der Waals surface area contributed by atoms with Crippen LogP contribution in [0.2, 0.25) is 0 Å². The van der Waals surface area contributed by atoms with Crippen LogP contribution in [0.1, 0.15) is 53.4 Å². The number of hydrogen-bond donors (Lipinski definition) is 1. The molecule has 1 aliphatic rings. The van der Waals surface area contributed by atoms with Crippen molar-refractivity contribution in [2.24, 2.45) is 17.3 Å². The average molecular weight is 265 g/mol. The Labute approximate surface area is 109 Å². The van der Waals surface area contributed by atoms with Crippen molar-refractivity contribution in [3.8, 4) is 0 Å². The van der Waals surface area contributed by atoms with Crippen molar-refractivity contribution in [2.45, 2.75) is 65.6 Å². The van der Waals surface area contributed by atoms with E-state index in [-0.39, 0.29) is 17.9 Å². The molecule has 1 rings (SSSR count). The molecule has 0 aromatic carbocycles. The van der Waals surface area contributed by atoms with Crippen molar-refractivity contribution < 1.29 is 13.2 Å². The Hall–Kier alpha value is -0.250. The van der Waals surface area contributed by atoms with Gasteiger partial charge in [0.15, 0.2) is 0 Å². The van der Waals surface area contributed by atoms with Crippen molar-refractivity contribution in [1.29, 1.82) is 0 Å². The molecule has 108 valence electrons. The highest BCUT2D eigenvalue weighted by Gasteiger charge is 2.45. The maximum atomic E-state index is 12.9. The standard InChI is InChI=1S/C14H26F3N/c1-10(13(2,3)4)9-18-12-8-6-5-7-11(12)14(15,16)17/h10-12,18H,5-9H2,1-4H3. The topological polar surface area (TPSA) is 12.0 Å². The Bertz CT molecular complexity index is 255. The third-order valence-corrected chi connectivity index (χ3v) is 4.35. The van der Waals surface area contributed by atoms with Gasteiger partial charge in [-0.1, -0.05) is 40.5 Å². The first-order valence-corrected chi connectivity index (χ1v) is 6.92. The number of rotatable bonds is 3. The molecule has 0 radical (unpaired) electrons. The second-order valence-electron chi connectivity index (χ2n) is 6.71. The van der Waals surface area contributed by atoms with Crippen molar-refractivity contribution in [3.05, 3.63) is 0 Å². The van der Waals surface area contributed by atoms with Crippen LogP contribution < -0.4 is 5.32 Å². The van der Waals surface area contributed by atoms with Gasteiger partial charge >= 0.3 is 6.18 Å². The molecule has 3 atom stereocenters. The summed E-state index contributed by atoms with van der Waals surface area (Å²) >= 11 is 0. The van der Waals surface area contributed by atoms with Gasteiger partial charge in [-0.05, 0) is 30.7 Å². The van der Waals surface area contributed by atoms with E-state index in [0.29, 0.717) is 25.3 Å². The van der Waals surface area contributed by atoms with Gasteiger partial charge in [0.1, 0.15) is 0 Å². The summed E-state index contributed by atoms with van der Waals surface area (Å²) in [6.07, 6.45) is -1.50. The second kappa shape index (κ2) is 5.81. The van der Waals surface area contributed by atoms with Gasteiger partial charge in [0.05, 0.1) is 5.92 Å². The van der Waals surface area contributed by atoms with Crippen LogP contribution in [-0.2, 0) is 0 Å². The van der Waals surface area contributed by atoms with Crippen molar-refractivity contribution in [2.75, 3.05) is 6.54 Å². The molecule has 4 heteroatoms. The van der Waals surface area contributed by atoms with Gasteiger partial charge in [-0.15, -0.1) is 0 Å². The normalized spacial score (nSPS) is 28.2. The van der Waals surface area contributed by atoms with Crippen LogP contribution >= 0.6 is 0 Å². The van der Waals surface area contributed by atoms with Crippen LogP contribution in [0, 0.1) is 17.3 Å². The predicted octanol–water partition coefficient (Wildman–Crippen LogP) is 4.38. The molecule has 0 aromatic rings. The minimum absolute atomic E-state index is 0.134. The lowest BCUT2D eigenvalue weighted by Crippen LogP contribution is -2.47. The molecular weight excluding hydrogens is 239 g/mol. The van der Waals surface area contributed by atoms with Gasteiger partial charge in [0, 0.05) is 6.04 Å². The summed E-state index contributed by atoms with van der Waals surface area (Å²) in [5.74, 6) is -0.785. The zero-order valence-corrected chi connectivity index (χ0v) is 11.9. The zero-order valence-electron chi connectivity index (χ0n) is 11.9. The van der Waals surface area contributed by atoms with E-state index in [1.807, 2.05) is 0 Å². The molecule has 1 aliphatic carbocycles. The molecule has 0 aliphatic heterocycles. The molecule has 1 nitrogen and oxygen atoms in total. The Morgan fingerprint density at radius 2 is 1.67 bits per heavy atom. The Morgan fingerprint density at radius 3 is 2.17 bits per heavy atom. The van der Waals surface area contributed by atoms with Gasteiger partial charge in [0.25, 0.3) is 0 Å². The van der Waals surface area contributed by atoms with E-state index < -0.39 is 12.1 Å². The zero-order chi connectivity index (χ0) is 14.0. The number of hydrogen-bond acceptors (Lipinski definition) is 1. The van der Waals surface area contributed by atoms with Gasteiger partial charge in [-0.25, -0.2) is 0 Å². The van der Waals surface area contributed by atoms with Crippen LogP contribution in [0.5, 0.6) is 0 Å². The van der Waals surface area contributed by atoms with E-state index in [9.17, 15) is 13.2 Å². The first-order valence-electron chi connectivity index (χ1n) is 6.92. The van der Waals surface area contributed by atoms with E-state index in [4.69, 9.17) is 0 Å². The summed E-state index contributed by atoms with van der Waals surface area (Å²) in [7, 11) is 0. The molecule has 0 bridgehead atoms. The van der Waals surface area contributed by atoms with Crippen LogP contribution in [-0.4, -0.2) is 18.8 Å². The maximum absolute atomic E-state index is 12.9. The Kier molecular flexibility index (Phi) is 5.10.